The molecular formula is C13H18O4. The van der Waals surface area contributed by atoms with Gasteiger partial charge in [-0.15, -0.1) is 0 Å². The second-order valence-corrected chi connectivity index (χ2v) is 5.79. The lowest BCUT2D eigenvalue weighted by Crippen LogP contribution is -2.24. The number of aliphatic carboxylic acids is 1. The van der Waals surface area contributed by atoms with Crippen LogP contribution in [0.4, 0.5) is 0 Å². The Kier molecular flexibility index (Phi) is 2.06. The van der Waals surface area contributed by atoms with Gasteiger partial charge in [-0.1, -0.05) is 6.08 Å². The number of hydrogen-bond donors (Lipinski definition) is 1. The molecule has 3 rings (SSSR count). The maximum atomic E-state index is 11.1. The number of rotatable bonds is 1. The average Bonchev–Trinajstić information content (AvgIpc) is 2.74. The lowest BCUT2D eigenvalue weighted by molar-refractivity contribution is -0.150. The van der Waals surface area contributed by atoms with Gasteiger partial charge in [-0.25, -0.2) is 0 Å². The zero-order valence-electron chi connectivity index (χ0n) is 10.4. The van der Waals surface area contributed by atoms with E-state index in [2.05, 4.69) is 0 Å². The van der Waals surface area contributed by atoms with Crippen LogP contribution in [0.3, 0.4) is 0 Å². The third kappa shape index (κ3) is 1.40. The first-order valence-corrected chi connectivity index (χ1v) is 6.15. The van der Waals surface area contributed by atoms with E-state index in [0.29, 0.717) is 0 Å². The molecule has 94 valence electrons. The van der Waals surface area contributed by atoms with Crippen LogP contribution in [-0.4, -0.2) is 29.1 Å². The van der Waals surface area contributed by atoms with Crippen molar-refractivity contribution in [3.05, 3.63) is 11.6 Å². The van der Waals surface area contributed by atoms with Gasteiger partial charge in [-0.2, -0.15) is 0 Å². The minimum atomic E-state index is -0.691. The van der Waals surface area contributed by atoms with Gasteiger partial charge < -0.3 is 14.6 Å². The van der Waals surface area contributed by atoms with Gasteiger partial charge in [0, 0.05) is 5.41 Å². The van der Waals surface area contributed by atoms with Crippen molar-refractivity contribution < 1.29 is 19.4 Å². The summed E-state index contributed by atoms with van der Waals surface area (Å²) in [5, 5.41) is 9.15. The fourth-order valence-electron chi connectivity index (χ4n) is 3.63. The minimum Gasteiger partial charge on any atom is -0.481 e. The maximum absolute atomic E-state index is 11.1. The number of hydrogen-bond acceptors (Lipinski definition) is 3. The normalized spacial score (nSPS) is 48.6. The zero-order valence-corrected chi connectivity index (χ0v) is 10.4. The summed E-state index contributed by atoms with van der Waals surface area (Å²) in [5.74, 6) is -1.48. The van der Waals surface area contributed by atoms with Crippen LogP contribution in [0.15, 0.2) is 11.6 Å². The smallest absolute Gasteiger partial charge is 0.307 e. The van der Waals surface area contributed by atoms with Gasteiger partial charge in [0.05, 0.1) is 12.0 Å². The fraction of sp³-hybridized carbons (Fsp3) is 0.769. The van der Waals surface area contributed by atoms with Gasteiger partial charge in [-0.3, -0.25) is 4.79 Å². The molecule has 0 bridgehead atoms. The molecule has 4 atom stereocenters. The molecular weight excluding hydrogens is 220 g/mol. The largest absolute Gasteiger partial charge is 0.481 e. The Bertz CT molecular complexity index is 412. The molecule has 1 spiro atoms. The van der Waals surface area contributed by atoms with E-state index >= 15 is 0 Å². The van der Waals surface area contributed by atoms with Crippen LogP contribution in [0, 0.1) is 11.3 Å². The van der Waals surface area contributed by atoms with Crippen molar-refractivity contribution in [2.75, 3.05) is 0 Å². The topological polar surface area (TPSA) is 55.8 Å². The average molecular weight is 238 g/mol. The summed E-state index contributed by atoms with van der Waals surface area (Å²) < 4.78 is 11.7. The summed E-state index contributed by atoms with van der Waals surface area (Å²) in [4.78, 5) is 11.1. The lowest BCUT2D eigenvalue weighted by Gasteiger charge is -2.22. The molecule has 0 aromatic heterocycles. The Balaban J connectivity index is 1.88. The van der Waals surface area contributed by atoms with Crippen molar-refractivity contribution in [2.24, 2.45) is 11.3 Å². The fourth-order valence-corrected chi connectivity index (χ4v) is 3.63. The SMILES string of the molecule is C/C=C1/[C@@H]2OC(C)(C)O[C@@H]2CC12C[C@@H]2C(=O)O. The maximum Gasteiger partial charge on any atom is 0.307 e. The summed E-state index contributed by atoms with van der Waals surface area (Å²) >= 11 is 0. The number of carboxylic acid groups (broad SMARTS) is 1. The zero-order chi connectivity index (χ0) is 12.4. The second kappa shape index (κ2) is 3.12. The number of fused-ring (bicyclic) bond motifs is 1. The molecule has 4 nitrogen and oxygen atoms in total. The van der Waals surface area contributed by atoms with Gasteiger partial charge in [0.1, 0.15) is 6.10 Å². The van der Waals surface area contributed by atoms with E-state index in [1.54, 1.807) is 0 Å². The van der Waals surface area contributed by atoms with Crippen LogP contribution in [0.5, 0.6) is 0 Å². The van der Waals surface area contributed by atoms with Crippen molar-refractivity contribution in [2.45, 2.75) is 51.6 Å². The molecule has 1 unspecified atom stereocenters. The van der Waals surface area contributed by atoms with Gasteiger partial charge in [0.15, 0.2) is 5.79 Å². The van der Waals surface area contributed by atoms with Crippen LogP contribution in [-0.2, 0) is 14.3 Å². The summed E-state index contributed by atoms with van der Waals surface area (Å²) in [6, 6.07) is 0. The standard InChI is InChI=1S/C13H18O4/c1-4-7-10-9(16-12(2,3)17-10)6-13(7)5-8(13)11(14)15/h4,8-10H,5-6H2,1-3H3,(H,14,15)/b7-4-/t8-,9-,10+,13?/m1/s1. The Hall–Kier alpha value is -0.870. The van der Waals surface area contributed by atoms with Crippen molar-refractivity contribution in [1.29, 1.82) is 0 Å². The molecule has 0 radical (unpaired) electrons. The van der Waals surface area contributed by atoms with E-state index < -0.39 is 11.8 Å². The molecule has 1 aliphatic heterocycles. The van der Waals surface area contributed by atoms with E-state index in [1.807, 2.05) is 26.8 Å². The Morgan fingerprint density at radius 2 is 2.12 bits per heavy atom. The molecule has 1 saturated heterocycles. The quantitative estimate of drug-likeness (QED) is 0.709. The van der Waals surface area contributed by atoms with Gasteiger partial charge in [0.2, 0.25) is 0 Å². The number of carbonyl (C=O) groups is 1. The number of allylic oxidation sites excluding steroid dienone is 1. The first-order valence-electron chi connectivity index (χ1n) is 6.15. The molecule has 0 aromatic carbocycles. The van der Waals surface area contributed by atoms with E-state index in [9.17, 15) is 4.79 Å². The van der Waals surface area contributed by atoms with Crippen molar-refractivity contribution >= 4 is 5.97 Å². The molecule has 1 N–H and O–H groups in total. The molecule has 0 aromatic rings. The van der Waals surface area contributed by atoms with Gasteiger partial charge in [-0.05, 0) is 39.2 Å². The predicted octanol–water partition coefficient (Wildman–Crippen LogP) is 1.95. The second-order valence-electron chi connectivity index (χ2n) is 5.79. The number of carboxylic acids is 1. The third-order valence-corrected chi connectivity index (χ3v) is 4.31. The molecule has 3 aliphatic rings. The highest BCUT2D eigenvalue weighted by atomic mass is 16.8. The highest BCUT2D eigenvalue weighted by Gasteiger charge is 2.69. The van der Waals surface area contributed by atoms with Gasteiger partial charge >= 0.3 is 5.97 Å². The molecule has 1 heterocycles. The molecule has 3 fully saturated rings. The first-order chi connectivity index (χ1) is 7.89. The molecule has 4 heteroatoms. The summed E-state index contributed by atoms with van der Waals surface area (Å²) in [6.07, 6.45) is 3.54. The monoisotopic (exact) mass is 238 g/mol. The van der Waals surface area contributed by atoms with Crippen molar-refractivity contribution in [3.8, 4) is 0 Å². The highest BCUT2D eigenvalue weighted by Crippen LogP contribution is 2.68. The van der Waals surface area contributed by atoms with Crippen LogP contribution >= 0.6 is 0 Å². The number of ether oxygens (including phenoxy) is 2. The summed E-state index contributed by atoms with van der Waals surface area (Å²) in [5.41, 5.74) is 0.965. The van der Waals surface area contributed by atoms with E-state index in [1.165, 1.54) is 0 Å². The van der Waals surface area contributed by atoms with Crippen molar-refractivity contribution in [1.82, 2.24) is 0 Å². The Morgan fingerprint density at radius 1 is 1.41 bits per heavy atom. The predicted molar refractivity (Wildman–Crippen MR) is 60.4 cm³/mol. The van der Waals surface area contributed by atoms with Gasteiger partial charge in [0.25, 0.3) is 0 Å². The van der Waals surface area contributed by atoms with E-state index in [4.69, 9.17) is 14.6 Å². The summed E-state index contributed by atoms with van der Waals surface area (Å²) in [6.45, 7) is 5.78. The minimum absolute atomic E-state index is 0.0283. The lowest BCUT2D eigenvalue weighted by atomic mass is 9.95. The highest BCUT2D eigenvalue weighted by molar-refractivity contribution is 5.76. The van der Waals surface area contributed by atoms with Crippen molar-refractivity contribution in [3.63, 3.8) is 0 Å². The van der Waals surface area contributed by atoms with Crippen LogP contribution in [0.25, 0.3) is 0 Å². The third-order valence-electron chi connectivity index (χ3n) is 4.31. The molecule has 2 saturated carbocycles. The first kappa shape index (κ1) is 11.2. The molecule has 2 aliphatic carbocycles. The van der Waals surface area contributed by atoms with E-state index in [0.717, 1.165) is 18.4 Å². The molecule has 17 heavy (non-hydrogen) atoms. The Labute approximate surface area is 101 Å². The molecule has 0 amide bonds. The van der Waals surface area contributed by atoms with Crippen LogP contribution in [0.1, 0.15) is 33.6 Å². The van der Waals surface area contributed by atoms with E-state index in [-0.39, 0.29) is 23.5 Å². The van der Waals surface area contributed by atoms with Crippen LogP contribution in [0.2, 0.25) is 0 Å². The Morgan fingerprint density at radius 3 is 2.65 bits per heavy atom. The summed E-state index contributed by atoms with van der Waals surface area (Å²) in [7, 11) is 0. The van der Waals surface area contributed by atoms with Crippen LogP contribution < -0.4 is 0 Å².